The van der Waals surface area contributed by atoms with Gasteiger partial charge in [-0.05, 0) is 38.0 Å². The summed E-state index contributed by atoms with van der Waals surface area (Å²) in [4.78, 5) is 25.8. The van der Waals surface area contributed by atoms with Crippen molar-refractivity contribution in [3.8, 4) is 5.75 Å². The monoisotopic (exact) mass is 382 g/mol. The van der Waals surface area contributed by atoms with Gasteiger partial charge < -0.3 is 20.3 Å². The number of amides is 3. The van der Waals surface area contributed by atoms with Gasteiger partial charge in [0, 0.05) is 24.8 Å². The Bertz CT molecular complexity index is 826. The van der Waals surface area contributed by atoms with Gasteiger partial charge in [0.2, 0.25) is 10.0 Å². The maximum Gasteiger partial charge on any atom is 0.321 e. The number of hydrogen-bond acceptors (Lipinski definition) is 5. The Balaban J connectivity index is 1.65. The molecule has 0 bridgehead atoms. The third kappa shape index (κ3) is 4.44. The van der Waals surface area contributed by atoms with Gasteiger partial charge in [0.25, 0.3) is 5.91 Å². The van der Waals surface area contributed by atoms with E-state index in [9.17, 15) is 18.0 Å². The van der Waals surface area contributed by atoms with Gasteiger partial charge in [0.1, 0.15) is 5.75 Å². The van der Waals surface area contributed by atoms with Crippen LogP contribution < -0.4 is 20.1 Å². The van der Waals surface area contributed by atoms with Crippen molar-refractivity contribution in [3.05, 3.63) is 18.2 Å². The highest BCUT2D eigenvalue weighted by molar-refractivity contribution is 7.88. The van der Waals surface area contributed by atoms with Gasteiger partial charge >= 0.3 is 6.03 Å². The van der Waals surface area contributed by atoms with Crippen molar-refractivity contribution in [2.45, 2.75) is 31.9 Å². The number of fused-ring (bicyclic) bond motifs is 1. The molecule has 2 aliphatic heterocycles. The van der Waals surface area contributed by atoms with Crippen LogP contribution in [0.1, 0.15) is 19.8 Å². The SMILES string of the molecule is CC1Oc2ccc(NC(=O)N3CCCC(NS(C)(=O)=O)C3)cc2NC1=O. The van der Waals surface area contributed by atoms with Gasteiger partial charge in [-0.15, -0.1) is 0 Å². The number of rotatable bonds is 3. The molecule has 9 nitrogen and oxygen atoms in total. The summed E-state index contributed by atoms with van der Waals surface area (Å²) in [6.45, 7) is 2.52. The lowest BCUT2D eigenvalue weighted by molar-refractivity contribution is -0.122. The molecule has 3 N–H and O–H groups in total. The van der Waals surface area contributed by atoms with Gasteiger partial charge in [-0.1, -0.05) is 0 Å². The predicted molar refractivity (Wildman–Crippen MR) is 96.8 cm³/mol. The highest BCUT2D eigenvalue weighted by Gasteiger charge is 2.27. The molecular weight excluding hydrogens is 360 g/mol. The number of ether oxygens (including phenoxy) is 1. The van der Waals surface area contributed by atoms with E-state index in [1.165, 1.54) is 0 Å². The van der Waals surface area contributed by atoms with Crippen LogP contribution >= 0.6 is 0 Å². The van der Waals surface area contributed by atoms with Crippen LogP contribution in [0.15, 0.2) is 18.2 Å². The molecule has 10 heteroatoms. The molecule has 2 unspecified atom stereocenters. The normalized spacial score (nSPS) is 22.8. The van der Waals surface area contributed by atoms with Crippen molar-refractivity contribution in [2.75, 3.05) is 30.0 Å². The summed E-state index contributed by atoms with van der Waals surface area (Å²) in [5.74, 6) is 0.303. The average molecular weight is 382 g/mol. The molecule has 3 amide bonds. The second-order valence-electron chi connectivity index (χ2n) is 6.57. The Morgan fingerprint density at radius 2 is 2.15 bits per heavy atom. The lowest BCUT2D eigenvalue weighted by Gasteiger charge is -2.32. The number of likely N-dealkylation sites (tertiary alicyclic amines) is 1. The standard InChI is InChI=1S/C16H22N4O5S/c1-10-15(21)18-13-8-11(5-6-14(13)25-10)17-16(22)20-7-3-4-12(9-20)19-26(2,23)24/h5-6,8,10,12,19H,3-4,7,9H2,1-2H3,(H,17,22)(H,18,21). The van der Waals surface area contributed by atoms with E-state index in [4.69, 9.17) is 4.74 Å². The molecule has 0 spiro atoms. The van der Waals surface area contributed by atoms with Crippen molar-refractivity contribution in [3.63, 3.8) is 0 Å². The number of anilines is 2. The lowest BCUT2D eigenvalue weighted by atomic mass is 10.1. The first-order valence-electron chi connectivity index (χ1n) is 8.36. The van der Waals surface area contributed by atoms with E-state index in [1.54, 1.807) is 30.0 Å². The fourth-order valence-electron chi connectivity index (χ4n) is 3.05. The number of carbonyl (C=O) groups is 2. The summed E-state index contributed by atoms with van der Waals surface area (Å²) >= 11 is 0. The van der Waals surface area contributed by atoms with E-state index in [1.807, 2.05) is 0 Å². The molecule has 3 rings (SSSR count). The smallest absolute Gasteiger partial charge is 0.321 e. The number of piperidine rings is 1. The van der Waals surface area contributed by atoms with Crippen LogP contribution in [0, 0.1) is 0 Å². The fourth-order valence-corrected chi connectivity index (χ4v) is 3.85. The van der Waals surface area contributed by atoms with E-state index in [0.717, 1.165) is 6.26 Å². The van der Waals surface area contributed by atoms with E-state index in [2.05, 4.69) is 15.4 Å². The highest BCUT2D eigenvalue weighted by atomic mass is 32.2. The van der Waals surface area contributed by atoms with E-state index in [0.29, 0.717) is 43.1 Å². The van der Waals surface area contributed by atoms with Gasteiger partial charge in [-0.3, -0.25) is 4.79 Å². The van der Waals surface area contributed by atoms with Gasteiger partial charge in [-0.25, -0.2) is 17.9 Å². The quantitative estimate of drug-likeness (QED) is 0.720. The summed E-state index contributed by atoms with van der Waals surface area (Å²) in [7, 11) is -3.31. The highest BCUT2D eigenvalue weighted by Crippen LogP contribution is 2.32. The predicted octanol–water partition coefficient (Wildman–Crippen LogP) is 0.952. The Labute approximate surface area is 152 Å². The van der Waals surface area contributed by atoms with Crippen molar-refractivity contribution >= 4 is 33.3 Å². The first-order chi connectivity index (χ1) is 12.2. The molecule has 0 aromatic heterocycles. The molecule has 2 aliphatic rings. The number of nitrogens with zero attached hydrogens (tertiary/aromatic N) is 1. The van der Waals surface area contributed by atoms with Crippen LogP contribution in [0.3, 0.4) is 0 Å². The Morgan fingerprint density at radius 1 is 1.38 bits per heavy atom. The Hall–Kier alpha value is -2.33. The van der Waals surface area contributed by atoms with Gasteiger partial charge in [0.15, 0.2) is 6.10 Å². The van der Waals surface area contributed by atoms with Crippen LogP contribution in [0.4, 0.5) is 16.2 Å². The molecule has 142 valence electrons. The number of carbonyl (C=O) groups excluding carboxylic acids is 2. The number of nitrogens with one attached hydrogen (secondary N) is 3. The summed E-state index contributed by atoms with van der Waals surface area (Å²) < 4.78 is 30.8. The van der Waals surface area contributed by atoms with Gasteiger partial charge in [0.05, 0.1) is 11.9 Å². The lowest BCUT2D eigenvalue weighted by Crippen LogP contribution is -2.50. The van der Waals surface area contributed by atoms with E-state index in [-0.39, 0.29) is 18.0 Å². The van der Waals surface area contributed by atoms with E-state index < -0.39 is 16.1 Å². The second kappa shape index (κ2) is 7.12. The van der Waals surface area contributed by atoms with Crippen LogP contribution in [-0.2, 0) is 14.8 Å². The minimum absolute atomic E-state index is 0.244. The Morgan fingerprint density at radius 3 is 2.88 bits per heavy atom. The topological polar surface area (TPSA) is 117 Å². The van der Waals surface area contributed by atoms with Crippen LogP contribution in [0.2, 0.25) is 0 Å². The number of benzene rings is 1. The zero-order chi connectivity index (χ0) is 18.9. The zero-order valence-electron chi connectivity index (χ0n) is 14.6. The van der Waals surface area contributed by atoms with E-state index >= 15 is 0 Å². The Kier molecular flexibility index (Phi) is 5.05. The summed E-state index contributed by atoms with van der Waals surface area (Å²) in [5.41, 5.74) is 1.02. The largest absolute Gasteiger partial charge is 0.479 e. The number of urea groups is 1. The molecule has 26 heavy (non-hydrogen) atoms. The minimum atomic E-state index is -3.31. The van der Waals surface area contributed by atoms with Crippen LogP contribution in [0.25, 0.3) is 0 Å². The first kappa shape index (κ1) is 18.5. The molecule has 2 atom stereocenters. The molecule has 1 saturated heterocycles. The molecule has 0 aliphatic carbocycles. The molecule has 0 radical (unpaired) electrons. The molecule has 1 aromatic carbocycles. The third-order valence-corrected chi connectivity index (χ3v) is 5.01. The van der Waals surface area contributed by atoms with Crippen LogP contribution in [-0.4, -0.2) is 56.7 Å². The summed E-state index contributed by atoms with van der Waals surface area (Å²) in [5, 5.41) is 5.50. The molecule has 1 fully saturated rings. The number of hydrogen-bond donors (Lipinski definition) is 3. The van der Waals surface area contributed by atoms with Crippen molar-refractivity contribution in [2.24, 2.45) is 0 Å². The van der Waals surface area contributed by atoms with Gasteiger partial charge in [-0.2, -0.15) is 0 Å². The average Bonchev–Trinajstić information content (AvgIpc) is 2.55. The van der Waals surface area contributed by atoms with Crippen molar-refractivity contribution < 1.29 is 22.7 Å². The maximum atomic E-state index is 12.5. The molecule has 0 saturated carbocycles. The number of sulfonamides is 1. The minimum Gasteiger partial charge on any atom is -0.479 e. The van der Waals surface area contributed by atoms with Crippen molar-refractivity contribution in [1.82, 2.24) is 9.62 Å². The zero-order valence-corrected chi connectivity index (χ0v) is 15.4. The molecule has 2 heterocycles. The van der Waals surface area contributed by atoms with Crippen LogP contribution in [0.5, 0.6) is 5.75 Å². The molecular formula is C16H22N4O5S. The first-order valence-corrected chi connectivity index (χ1v) is 10.3. The maximum absolute atomic E-state index is 12.5. The fraction of sp³-hybridized carbons (Fsp3) is 0.500. The van der Waals surface area contributed by atoms with Crippen molar-refractivity contribution in [1.29, 1.82) is 0 Å². The summed E-state index contributed by atoms with van der Waals surface area (Å²) in [6, 6.07) is 4.40. The summed E-state index contributed by atoms with van der Waals surface area (Å²) in [6.07, 6.45) is 1.95. The third-order valence-electron chi connectivity index (χ3n) is 4.25. The molecule has 1 aromatic rings. The second-order valence-corrected chi connectivity index (χ2v) is 8.35.